The van der Waals surface area contributed by atoms with Crippen molar-refractivity contribution in [1.82, 2.24) is 4.98 Å². The van der Waals surface area contributed by atoms with E-state index in [1.165, 1.54) is 31.4 Å². The van der Waals surface area contributed by atoms with Gasteiger partial charge in [-0.15, -0.1) is 0 Å². The van der Waals surface area contributed by atoms with E-state index in [4.69, 9.17) is 15.0 Å². The average Bonchev–Trinajstić information content (AvgIpc) is 3.35. The minimum Gasteiger partial charge on any atom is -0.444 e. The highest BCUT2D eigenvalue weighted by molar-refractivity contribution is 5.87. The van der Waals surface area contributed by atoms with Crippen LogP contribution in [0.4, 0.5) is 0 Å². The van der Waals surface area contributed by atoms with Crippen LogP contribution in [0.2, 0.25) is 0 Å². The standard InChI is InChI=1S/C25H37N3O3/c1-24-10-7-17(28-30-12-9-23-27-15-18(14-26)31-23)13-16(24)3-4-19-20-5-6-22(29)25(20,2)11-8-21(19)24/h15-16,19-21H,3-14,26H2,1-2H3/t16?,19?,20?,21?,24-,25-/m0/s1. The first-order valence-electron chi connectivity index (χ1n) is 12.3. The third-order valence-corrected chi connectivity index (χ3v) is 9.61. The maximum Gasteiger partial charge on any atom is 0.197 e. The van der Waals surface area contributed by atoms with Gasteiger partial charge in [-0.05, 0) is 80.5 Å². The van der Waals surface area contributed by atoms with E-state index in [2.05, 4.69) is 24.0 Å². The van der Waals surface area contributed by atoms with E-state index in [9.17, 15) is 4.79 Å². The average molecular weight is 428 g/mol. The number of nitrogens with two attached hydrogens (primary N) is 1. The van der Waals surface area contributed by atoms with E-state index in [0.29, 0.717) is 54.3 Å². The molecular weight excluding hydrogens is 390 g/mol. The van der Waals surface area contributed by atoms with Gasteiger partial charge in [-0.25, -0.2) is 4.98 Å². The quantitative estimate of drug-likeness (QED) is 0.545. The van der Waals surface area contributed by atoms with E-state index in [0.717, 1.165) is 43.9 Å². The van der Waals surface area contributed by atoms with Crippen molar-refractivity contribution >= 4 is 11.5 Å². The molecule has 2 N–H and O–H groups in total. The Labute approximate surface area is 185 Å². The van der Waals surface area contributed by atoms with Gasteiger partial charge < -0.3 is 15.0 Å². The number of ketones is 1. The van der Waals surface area contributed by atoms with Gasteiger partial charge in [0.2, 0.25) is 0 Å². The minimum atomic E-state index is -0.0206. The Morgan fingerprint density at radius 1 is 1.19 bits per heavy atom. The van der Waals surface area contributed by atoms with Gasteiger partial charge in [0.1, 0.15) is 18.2 Å². The molecule has 0 aliphatic heterocycles. The zero-order valence-corrected chi connectivity index (χ0v) is 19.1. The number of carbonyl (C=O) groups excluding carboxylic acids is 1. The van der Waals surface area contributed by atoms with Crippen LogP contribution >= 0.6 is 0 Å². The fourth-order valence-electron chi connectivity index (χ4n) is 7.74. The molecule has 4 aliphatic rings. The molecule has 1 aromatic heterocycles. The molecular formula is C25H37N3O3. The van der Waals surface area contributed by atoms with Crippen molar-refractivity contribution in [3.05, 3.63) is 17.8 Å². The van der Waals surface area contributed by atoms with Crippen LogP contribution in [-0.2, 0) is 22.6 Å². The second kappa shape index (κ2) is 8.02. The lowest BCUT2D eigenvalue weighted by atomic mass is 9.45. The van der Waals surface area contributed by atoms with Crippen LogP contribution in [-0.4, -0.2) is 23.1 Å². The zero-order chi connectivity index (χ0) is 21.6. The predicted octanol–water partition coefficient (Wildman–Crippen LogP) is 4.66. The Morgan fingerprint density at radius 2 is 2.06 bits per heavy atom. The summed E-state index contributed by atoms with van der Waals surface area (Å²) in [7, 11) is 0. The molecule has 0 radical (unpaired) electrons. The van der Waals surface area contributed by atoms with E-state index >= 15 is 0 Å². The van der Waals surface area contributed by atoms with Gasteiger partial charge in [-0.1, -0.05) is 19.0 Å². The molecule has 0 aromatic carbocycles. The summed E-state index contributed by atoms with van der Waals surface area (Å²) in [6.45, 7) is 5.67. The first-order chi connectivity index (χ1) is 14.9. The summed E-state index contributed by atoms with van der Waals surface area (Å²) in [5.41, 5.74) is 7.15. The van der Waals surface area contributed by atoms with Crippen LogP contribution in [0.3, 0.4) is 0 Å². The number of oxime groups is 1. The number of Topliss-reactive ketones (excluding diaryl/α,β-unsaturated/α-hetero) is 1. The van der Waals surface area contributed by atoms with E-state index in [1.807, 2.05) is 0 Å². The number of oxazole rings is 1. The summed E-state index contributed by atoms with van der Waals surface area (Å²) in [5, 5.41) is 4.50. The number of rotatable bonds is 5. The fraction of sp³-hybridized carbons (Fsp3) is 0.800. The van der Waals surface area contributed by atoms with Crippen molar-refractivity contribution in [2.45, 2.75) is 84.6 Å². The van der Waals surface area contributed by atoms with Crippen LogP contribution in [0.5, 0.6) is 0 Å². The van der Waals surface area contributed by atoms with Crippen molar-refractivity contribution < 1.29 is 14.0 Å². The van der Waals surface area contributed by atoms with Crippen LogP contribution in [0, 0.1) is 34.5 Å². The molecule has 4 saturated carbocycles. The Kier molecular flexibility index (Phi) is 5.48. The number of aromatic nitrogens is 1. The number of hydrogen-bond acceptors (Lipinski definition) is 6. The Balaban J connectivity index is 1.19. The molecule has 6 nitrogen and oxygen atoms in total. The molecule has 0 amide bonds. The minimum absolute atomic E-state index is 0.0206. The van der Waals surface area contributed by atoms with Crippen LogP contribution < -0.4 is 5.73 Å². The summed E-state index contributed by atoms with van der Waals surface area (Å²) >= 11 is 0. The van der Waals surface area contributed by atoms with Crippen molar-refractivity contribution in [2.24, 2.45) is 45.4 Å². The van der Waals surface area contributed by atoms with E-state index in [1.54, 1.807) is 6.20 Å². The molecule has 0 spiro atoms. The smallest absolute Gasteiger partial charge is 0.197 e. The molecule has 4 unspecified atom stereocenters. The molecule has 1 aromatic rings. The van der Waals surface area contributed by atoms with Gasteiger partial charge in [0.15, 0.2) is 5.89 Å². The lowest BCUT2D eigenvalue weighted by molar-refractivity contribution is -0.137. The van der Waals surface area contributed by atoms with E-state index < -0.39 is 0 Å². The van der Waals surface area contributed by atoms with Crippen molar-refractivity contribution in [3.8, 4) is 0 Å². The highest BCUT2D eigenvalue weighted by Gasteiger charge is 2.60. The lowest BCUT2D eigenvalue weighted by Crippen LogP contribution is -2.53. The fourth-order valence-corrected chi connectivity index (χ4v) is 7.74. The van der Waals surface area contributed by atoms with Crippen molar-refractivity contribution in [3.63, 3.8) is 0 Å². The molecule has 31 heavy (non-hydrogen) atoms. The maximum atomic E-state index is 12.6. The molecule has 6 heteroatoms. The van der Waals surface area contributed by atoms with Crippen LogP contribution in [0.25, 0.3) is 0 Å². The number of nitrogens with zero attached hydrogens (tertiary/aromatic N) is 2. The van der Waals surface area contributed by atoms with Gasteiger partial charge in [0.05, 0.1) is 24.9 Å². The highest BCUT2D eigenvalue weighted by atomic mass is 16.6. The van der Waals surface area contributed by atoms with Crippen molar-refractivity contribution in [2.75, 3.05) is 6.61 Å². The lowest BCUT2D eigenvalue weighted by Gasteiger charge is -2.59. The number of carbonyl (C=O) groups is 1. The Bertz CT molecular complexity index is 864. The maximum absolute atomic E-state index is 12.6. The molecule has 0 saturated heterocycles. The molecule has 4 fully saturated rings. The van der Waals surface area contributed by atoms with Gasteiger partial charge >= 0.3 is 0 Å². The summed E-state index contributed by atoms with van der Waals surface area (Å²) < 4.78 is 5.52. The predicted molar refractivity (Wildman–Crippen MR) is 118 cm³/mol. The Hall–Kier alpha value is -1.69. The molecule has 170 valence electrons. The second-order valence-corrected chi connectivity index (χ2v) is 10.9. The first kappa shape index (κ1) is 21.2. The first-order valence-corrected chi connectivity index (χ1v) is 12.3. The third kappa shape index (κ3) is 3.55. The molecule has 6 atom stereocenters. The van der Waals surface area contributed by atoms with Crippen LogP contribution in [0.15, 0.2) is 15.8 Å². The topological polar surface area (TPSA) is 90.7 Å². The van der Waals surface area contributed by atoms with Crippen LogP contribution in [0.1, 0.15) is 83.3 Å². The van der Waals surface area contributed by atoms with Crippen molar-refractivity contribution in [1.29, 1.82) is 0 Å². The molecule has 4 aliphatic carbocycles. The summed E-state index contributed by atoms with van der Waals surface area (Å²) in [5.74, 6) is 4.76. The molecule has 1 heterocycles. The second-order valence-electron chi connectivity index (χ2n) is 10.9. The zero-order valence-electron chi connectivity index (χ0n) is 19.1. The SMILES string of the molecule is C[C@]12CCC(=NOCCc3ncc(CN)o3)CC1CCC1C2CC[C@]2(C)C(=O)CCC12. The monoisotopic (exact) mass is 427 g/mol. The highest BCUT2D eigenvalue weighted by Crippen LogP contribution is 2.65. The van der Waals surface area contributed by atoms with E-state index in [-0.39, 0.29) is 5.41 Å². The van der Waals surface area contributed by atoms with Gasteiger partial charge in [0, 0.05) is 11.8 Å². The summed E-state index contributed by atoms with van der Waals surface area (Å²) in [6, 6.07) is 0. The molecule has 0 bridgehead atoms. The Morgan fingerprint density at radius 3 is 2.87 bits per heavy atom. The largest absolute Gasteiger partial charge is 0.444 e. The van der Waals surface area contributed by atoms with Gasteiger partial charge in [-0.2, -0.15) is 0 Å². The summed E-state index contributed by atoms with van der Waals surface area (Å²) in [4.78, 5) is 22.4. The number of hydrogen-bond donors (Lipinski definition) is 1. The van der Waals surface area contributed by atoms with Gasteiger partial charge in [0.25, 0.3) is 0 Å². The molecule has 5 rings (SSSR count). The normalized spacial score (nSPS) is 41.0. The summed E-state index contributed by atoms with van der Waals surface area (Å²) in [6.07, 6.45) is 12.5. The third-order valence-electron chi connectivity index (χ3n) is 9.61. The number of fused-ring (bicyclic) bond motifs is 5. The van der Waals surface area contributed by atoms with Gasteiger partial charge in [-0.3, -0.25) is 4.79 Å².